The van der Waals surface area contributed by atoms with Crippen molar-refractivity contribution in [3.05, 3.63) is 59.4 Å². The van der Waals surface area contributed by atoms with E-state index in [1.807, 2.05) is 45.9 Å². The Kier molecular flexibility index (Phi) is 7.07. The van der Waals surface area contributed by atoms with Crippen molar-refractivity contribution in [2.45, 2.75) is 31.3 Å². The molecule has 0 bridgehead atoms. The van der Waals surface area contributed by atoms with Gasteiger partial charge in [-0.2, -0.15) is 4.31 Å². The van der Waals surface area contributed by atoms with Gasteiger partial charge in [-0.25, -0.2) is 13.1 Å². The molecule has 0 unspecified atom stereocenters. The van der Waals surface area contributed by atoms with Gasteiger partial charge in [0, 0.05) is 57.4 Å². The van der Waals surface area contributed by atoms with Crippen molar-refractivity contribution in [1.82, 2.24) is 28.5 Å². The molecule has 0 N–H and O–H groups in total. The summed E-state index contributed by atoms with van der Waals surface area (Å²) in [6.45, 7) is 6.01. The largest absolute Gasteiger partial charge is 0.340 e. The van der Waals surface area contributed by atoms with Crippen molar-refractivity contribution in [2.75, 3.05) is 39.3 Å². The Morgan fingerprint density at radius 3 is 2.31 bits per heavy atom. The number of nitrogens with zero attached hydrogens (tertiary/aromatic N) is 6. The first-order valence-electron chi connectivity index (χ1n) is 12.2. The number of hydrogen-bond donors (Lipinski definition) is 0. The van der Waals surface area contributed by atoms with E-state index in [1.54, 1.807) is 34.1 Å². The minimum atomic E-state index is -3.56. The molecule has 190 valence electrons. The molecule has 2 saturated heterocycles. The molecule has 9 nitrogen and oxygen atoms in total. The van der Waals surface area contributed by atoms with Crippen LogP contribution in [0.5, 0.6) is 0 Å². The fourth-order valence-corrected chi connectivity index (χ4v) is 6.62. The third kappa shape index (κ3) is 4.88. The SMILES string of the molecule is CC(=O)N1CCN(Cn2nc(-c3cccc(S(=O)(=O)N4CCCC4)c3)n(-c3ccccc3)c2=S)CC1. The van der Waals surface area contributed by atoms with Gasteiger partial charge in [-0.05, 0) is 49.3 Å². The molecule has 2 aliphatic heterocycles. The van der Waals surface area contributed by atoms with Crippen LogP contribution in [0.1, 0.15) is 19.8 Å². The Morgan fingerprint density at radius 2 is 1.64 bits per heavy atom. The van der Waals surface area contributed by atoms with Crippen molar-refractivity contribution < 1.29 is 13.2 Å². The normalized spacial score (nSPS) is 17.5. The number of rotatable bonds is 6. The average molecular weight is 527 g/mol. The Morgan fingerprint density at radius 1 is 0.944 bits per heavy atom. The highest BCUT2D eigenvalue weighted by atomic mass is 32.2. The second kappa shape index (κ2) is 10.3. The summed E-state index contributed by atoms with van der Waals surface area (Å²) in [6, 6.07) is 16.7. The van der Waals surface area contributed by atoms with E-state index < -0.39 is 10.0 Å². The van der Waals surface area contributed by atoms with E-state index in [1.165, 1.54) is 0 Å². The van der Waals surface area contributed by atoms with Crippen molar-refractivity contribution in [2.24, 2.45) is 0 Å². The fourth-order valence-electron chi connectivity index (χ4n) is 4.76. The molecular formula is C25H30N6O3S2. The van der Waals surface area contributed by atoms with Crippen LogP contribution in [0.2, 0.25) is 0 Å². The van der Waals surface area contributed by atoms with Gasteiger partial charge in [0.05, 0.1) is 11.6 Å². The molecule has 2 aliphatic rings. The van der Waals surface area contributed by atoms with Gasteiger partial charge in [0.2, 0.25) is 20.7 Å². The lowest BCUT2D eigenvalue weighted by atomic mass is 10.2. The van der Waals surface area contributed by atoms with Gasteiger partial charge in [-0.3, -0.25) is 14.3 Å². The van der Waals surface area contributed by atoms with Gasteiger partial charge >= 0.3 is 0 Å². The number of aromatic nitrogens is 3. The zero-order valence-corrected chi connectivity index (χ0v) is 21.9. The van der Waals surface area contributed by atoms with E-state index in [2.05, 4.69) is 4.90 Å². The Hall–Kier alpha value is -2.86. The third-order valence-corrected chi connectivity index (χ3v) is 9.09. The summed E-state index contributed by atoms with van der Waals surface area (Å²) in [4.78, 5) is 16.0. The summed E-state index contributed by atoms with van der Waals surface area (Å²) in [5.74, 6) is 0.678. The van der Waals surface area contributed by atoms with Crippen molar-refractivity contribution in [3.63, 3.8) is 0 Å². The monoisotopic (exact) mass is 526 g/mol. The number of sulfonamides is 1. The third-order valence-electron chi connectivity index (χ3n) is 6.80. The quantitative estimate of drug-likeness (QED) is 0.460. The van der Waals surface area contributed by atoms with E-state index in [0.29, 0.717) is 49.0 Å². The molecule has 11 heteroatoms. The number of piperazine rings is 1. The van der Waals surface area contributed by atoms with Gasteiger partial charge in [-0.15, -0.1) is 5.10 Å². The zero-order valence-electron chi connectivity index (χ0n) is 20.3. The number of carbonyl (C=O) groups excluding carboxylic acids is 1. The lowest BCUT2D eigenvalue weighted by Crippen LogP contribution is -2.48. The van der Waals surface area contributed by atoms with Crippen LogP contribution in [0.3, 0.4) is 0 Å². The lowest BCUT2D eigenvalue weighted by molar-refractivity contribution is -0.130. The van der Waals surface area contributed by atoms with Crippen LogP contribution in [-0.4, -0.2) is 82.0 Å². The summed E-state index contributed by atoms with van der Waals surface area (Å²) in [5, 5.41) is 4.87. The summed E-state index contributed by atoms with van der Waals surface area (Å²) in [7, 11) is -3.56. The van der Waals surface area contributed by atoms with Gasteiger partial charge in [-0.1, -0.05) is 30.3 Å². The van der Waals surface area contributed by atoms with E-state index in [4.69, 9.17) is 17.3 Å². The highest BCUT2D eigenvalue weighted by Gasteiger charge is 2.28. The van der Waals surface area contributed by atoms with E-state index in [-0.39, 0.29) is 10.8 Å². The fraction of sp³-hybridized carbons (Fsp3) is 0.400. The maximum Gasteiger partial charge on any atom is 0.243 e. The van der Waals surface area contributed by atoms with Gasteiger partial charge in [0.25, 0.3) is 0 Å². The summed E-state index contributed by atoms with van der Waals surface area (Å²) >= 11 is 5.87. The number of amides is 1. The molecule has 3 heterocycles. The van der Waals surface area contributed by atoms with Crippen LogP contribution in [0.25, 0.3) is 17.1 Å². The molecule has 1 aromatic heterocycles. The first kappa shape index (κ1) is 24.8. The van der Waals surface area contributed by atoms with Crippen molar-refractivity contribution in [3.8, 4) is 17.1 Å². The Labute approximate surface area is 216 Å². The highest BCUT2D eigenvalue weighted by Crippen LogP contribution is 2.27. The standard InChI is InChI=1S/C25H30N6O3S2/c1-20(32)28-16-14-27(15-17-28)19-30-25(35)31(22-9-3-2-4-10-22)24(26-30)21-8-7-11-23(18-21)36(33,34)29-12-5-6-13-29/h2-4,7-11,18H,5-6,12-17,19H2,1H3. The predicted molar refractivity (Wildman–Crippen MR) is 140 cm³/mol. The molecule has 0 saturated carbocycles. The first-order valence-corrected chi connectivity index (χ1v) is 14.0. The summed E-state index contributed by atoms with van der Waals surface area (Å²) in [5.41, 5.74) is 1.54. The molecule has 0 atom stereocenters. The van der Waals surface area contributed by atoms with E-state index in [9.17, 15) is 13.2 Å². The highest BCUT2D eigenvalue weighted by molar-refractivity contribution is 7.89. The van der Waals surface area contributed by atoms with Crippen LogP contribution in [0.15, 0.2) is 59.5 Å². The average Bonchev–Trinajstić information content (AvgIpc) is 3.54. The second-order valence-electron chi connectivity index (χ2n) is 9.18. The maximum atomic E-state index is 13.2. The number of carbonyl (C=O) groups is 1. The molecular weight excluding hydrogens is 496 g/mol. The Balaban J connectivity index is 1.52. The first-order chi connectivity index (χ1) is 17.3. The van der Waals surface area contributed by atoms with Crippen LogP contribution in [-0.2, 0) is 21.5 Å². The molecule has 0 aliphatic carbocycles. The van der Waals surface area contributed by atoms with E-state index >= 15 is 0 Å². The summed E-state index contributed by atoms with van der Waals surface area (Å²) < 4.78 is 32.2. The van der Waals surface area contributed by atoms with Gasteiger partial charge in [0.1, 0.15) is 0 Å². The van der Waals surface area contributed by atoms with Gasteiger partial charge in [0.15, 0.2) is 5.82 Å². The number of hydrogen-bond acceptors (Lipinski definition) is 6. The van der Waals surface area contributed by atoms with Crippen LogP contribution < -0.4 is 0 Å². The molecule has 2 fully saturated rings. The van der Waals surface area contributed by atoms with Gasteiger partial charge < -0.3 is 4.90 Å². The number of para-hydroxylation sites is 1. The molecule has 5 rings (SSSR count). The van der Waals surface area contributed by atoms with Crippen molar-refractivity contribution in [1.29, 1.82) is 0 Å². The minimum Gasteiger partial charge on any atom is -0.340 e. The predicted octanol–water partition coefficient (Wildman–Crippen LogP) is 2.98. The van der Waals surface area contributed by atoms with Crippen molar-refractivity contribution >= 4 is 28.1 Å². The summed E-state index contributed by atoms with van der Waals surface area (Å²) in [6.07, 6.45) is 1.77. The molecule has 36 heavy (non-hydrogen) atoms. The molecule has 0 radical (unpaired) electrons. The van der Waals surface area contributed by atoms with E-state index in [0.717, 1.165) is 31.6 Å². The maximum absolute atomic E-state index is 13.2. The topological polar surface area (TPSA) is 83.7 Å². The Bertz CT molecular complexity index is 1400. The molecule has 1 amide bonds. The van der Waals surface area contributed by atoms with Crippen LogP contribution >= 0.6 is 12.2 Å². The zero-order chi connectivity index (χ0) is 25.3. The van der Waals surface area contributed by atoms with Crippen LogP contribution in [0, 0.1) is 4.77 Å². The molecule has 3 aromatic rings. The number of benzene rings is 2. The molecule has 0 spiro atoms. The lowest BCUT2D eigenvalue weighted by Gasteiger charge is -2.33. The minimum absolute atomic E-state index is 0.0886. The van der Waals surface area contributed by atoms with Crippen LogP contribution in [0.4, 0.5) is 0 Å². The second-order valence-corrected chi connectivity index (χ2v) is 11.5. The molecule has 2 aromatic carbocycles. The smallest absolute Gasteiger partial charge is 0.243 e.